The molecule has 1 amide bonds. The first-order chi connectivity index (χ1) is 16.4. The molecule has 0 spiro atoms. The zero-order valence-electron chi connectivity index (χ0n) is 18.6. The predicted octanol–water partition coefficient (Wildman–Crippen LogP) is 3.04. The molecule has 11 heteroatoms. The van der Waals surface area contributed by atoms with Crippen molar-refractivity contribution in [3.8, 4) is 0 Å². The minimum absolute atomic E-state index is 0.118. The maximum Gasteiger partial charge on any atom is 0.243 e. The fraction of sp³-hybridized carbons (Fsp3) is 0.261. The number of benzene rings is 2. The molecule has 1 aromatic heterocycles. The second kappa shape index (κ2) is 11.0. The van der Waals surface area contributed by atoms with Gasteiger partial charge in [0.25, 0.3) is 0 Å². The Balaban J connectivity index is 1.28. The molecule has 1 saturated heterocycles. The highest BCUT2D eigenvalue weighted by Gasteiger charge is 2.26. The summed E-state index contributed by atoms with van der Waals surface area (Å²) in [5.74, 6) is 0.478. The largest absolute Gasteiger partial charge is 0.379 e. The van der Waals surface area contributed by atoms with Crippen molar-refractivity contribution in [1.82, 2.24) is 19.5 Å². The number of thioether (sulfide) groups is 1. The Morgan fingerprint density at radius 1 is 1.15 bits per heavy atom. The van der Waals surface area contributed by atoms with Crippen LogP contribution >= 0.6 is 11.8 Å². The van der Waals surface area contributed by atoms with Crippen molar-refractivity contribution in [2.75, 3.05) is 37.4 Å². The third kappa shape index (κ3) is 6.11. The molecule has 0 aliphatic carbocycles. The number of nitrogens with one attached hydrogen (secondary N) is 2. The first-order valence-corrected chi connectivity index (χ1v) is 13.1. The Morgan fingerprint density at radius 3 is 2.62 bits per heavy atom. The fourth-order valence-corrected chi connectivity index (χ4v) is 5.33. The van der Waals surface area contributed by atoms with Crippen LogP contribution in [0.5, 0.6) is 0 Å². The number of anilines is 1. The van der Waals surface area contributed by atoms with E-state index >= 15 is 0 Å². The number of sulfonamides is 1. The highest BCUT2D eigenvalue weighted by molar-refractivity contribution is 7.99. The van der Waals surface area contributed by atoms with E-state index in [0.717, 1.165) is 11.1 Å². The number of hydrogen-bond acceptors (Lipinski definition) is 7. The van der Waals surface area contributed by atoms with Crippen molar-refractivity contribution in [1.29, 1.82) is 0 Å². The van der Waals surface area contributed by atoms with Crippen LogP contribution in [0.2, 0.25) is 0 Å². The molecule has 2 aromatic carbocycles. The van der Waals surface area contributed by atoms with Gasteiger partial charge in [-0.2, -0.15) is 4.31 Å². The third-order valence-electron chi connectivity index (χ3n) is 5.17. The second-order valence-electron chi connectivity index (χ2n) is 7.57. The standard InChI is InChI=1S/C23H25N5O4S2/c1-17-4-2-3-5-18(17)6-11-21-25-23(27-26-21)33-16-22(29)24-19-7-9-20(10-8-19)34(30,31)28-12-14-32-15-13-28/h2-11H,12-16H2,1H3,(H,24,29)(H,25,26,27). The monoisotopic (exact) mass is 499 g/mol. The summed E-state index contributed by atoms with van der Waals surface area (Å²) in [6, 6.07) is 14.2. The molecule has 0 radical (unpaired) electrons. The average molecular weight is 500 g/mol. The molecule has 9 nitrogen and oxygen atoms in total. The van der Waals surface area contributed by atoms with Gasteiger partial charge in [-0.1, -0.05) is 42.1 Å². The van der Waals surface area contributed by atoms with Gasteiger partial charge in [-0.15, -0.1) is 5.10 Å². The first kappa shape index (κ1) is 24.1. The Hall–Kier alpha value is -2.99. The number of amides is 1. The number of morpholine rings is 1. The summed E-state index contributed by atoms with van der Waals surface area (Å²) in [7, 11) is -3.57. The molecule has 34 heavy (non-hydrogen) atoms. The molecule has 1 aliphatic rings. The Kier molecular flexibility index (Phi) is 7.78. The van der Waals surface area contributed by atoms with E-state index in [1.165, 1.54) is 28.2 Å². The summed E-state index contributed by atoms with van der Waals surface area (Å²) < 4.78 is 32.0. The van der Waals surface area contributed by atoms with E-state index in [1.54, 1.807) is 12.1 Å². The quantitative estimate of drug-likeness (QED) is 0.458. The molecule has 0 saturated carbocycles. The molecule has 3 aromatic rings. The van der Waals surface area contributed by atoms with Crippen molar-refractivity contribution in [3.05, 3.63) is 65.5 Å². The number of carbonyl (C=O) groups is 1. The minimum atomic E-state index is -3.57. The molecule has 2 heterocycles. The summed E-state index contributed by atoms with van der Waals surface area (Å²) in [5, 5.41) is 10.2. The van der Waals surface area contributed by atoms with Crippen LogP contribution in [0.15, 0.2) is 58.6 Å². The lowest BCUT2D eigenvalue weighted by Gasteiger charge is -2.26. The molecule has 178 valence electrons. The van der Waals surface area contributed by atoms with Gasteiger partial charge in [0.2, 0.25) is 21.1 Å². The van der Waals surface area contributed by atoms with Gasteiger partial charge in [0.1, 0.15) is 5.82 Å². The summed E-state index contributed by atoms with van der Waals surface area (Å²) in [4.78, 5) is 16.9. The summed E-state index contributed by atoms with van der Waals surface area (Å²) >= 11 is 1.21. The Morgan fingerprint density at radius 2 is 1.88 bits per heavy atom. The lowest BCUT2D eigenvalue weighted by Crippen LogP contribution is -2.40. The number of rotatable bonds is 8. The molecular formula is C23H25N5O4S2. The molecule has 2 N–H and O–H groups in total. The SMILES string of the molecule is Cc1ccccc1C=Cc1nc(SCC(=O)Nc2ccc(S(=O)(=O)N3CCOCC3)cc2)n[nH]1. The Labute approximate surface area is 202 Å². The number of aryl methyl sites for hydroxylation is 1. The molecule has 0 atom stereocenters. The minimum Gasteiger partial charge on any atom is -0.379 e. The van der Waals surface area contributed by atoms with Gasteiger partial charge in [0, 0.05) is 18.8 Å². The molecule has 0 unspecified atom stereocenters. The van der Waals surface area contributed by atoms with Crippen LogP contribution in [0.3, 0.4) is 0 Å². The van der Waals surface area contributed by atoms with Gasteiger partial charge in [-0.05, 0) is 48.4 Å². The molecular weight excluding hydrogens is 474 g/mol. The number of carbonyl (C=O) groups excluding carboxylic acids is 1. The average Bonchev–Trinajstić information content (AvgIpc) is 3.31. The second-order valence-corrected chi connectivity index (χ2v) is 10.5. The third-order valence-corrected chi connectivity index (χ3v) is 7.93. The van der Waals surface area contributed by atoms with Crippen LogP contribution in [0.25, 0.3) is 12.2 Å². The van der Waals surface area contributed by atoms with E-state index in [9.17, 15) is 13.2 Å². The fourth-order valence-electron chi connectivity index (χ4n) is 3.31. The zero-order chi connectivity index (χ0) is 24.0. The van der Waals surface area contributed by atoms with E-state index in [2.05, 4.69) is 20.5 Å². The molecule has 4 rings (SSSR count). The van der Waals surface area contributed by atoms with E-state index in [-0.39, 0.29) is 16.6 Å². The summed E-state index contributed by atoms with van der Waals surface area (Å²) in [6.45, 7) is 3.49. The van der Waals surface area contributed by atoms with Crippen LogP contribution in [0, 0.1) is 6.92 Å². The van der Waals surface area contributed by atoms with E-state index in [4.69, 9.17) is 4.74 Å². The van der Waals surface area contributed by atoms with Crippen LogP contribution in [0.1, 0.15) is 17.0 Å². The normalized spacial score (nSPS) is 15.0. The smallest absolute Gasteiger partial charge is 0.243 e. The lowest BCUT2D eigenvalue weighted by molar-refractivity contribution is -0.113. The number of hydrogen-bond donors (Lipinski definition) is 2. The van der Waals surface area contributed by atoms with Crippen molar-refractivity contribution in [2.45, 2.75) is 17.0 Å². The van der Waals surface area contributed by atoms with E-state index in [1.807, 2.05) is 43.3 Å². The first-order valence-electron chi connectivity index (χ1n) is 10.7. The van der Waals surface area contributed by atoms with Crippen molar-refractivity contribution in [3.63, 3.8) is 0 Å². The number of aromatic nitrogens is 3. The van der Waals surface area contributed by atoms with Gasteiger partial charge in [0.15, 0.2) is 0 Å². The van der Waals surface area contributed by atoms with Crippen molar-refractivity contribution < 1.29 is 17.9 Å². The topological polar surface area (TPSA) is 117 Å². The molecule has 1 aliphatic heterocycles. The Bertz CT molecular complexity index is 1270. The molecule has 1 fully saturated rings. The van der Waals surface area contributed by atoms with Crippen LogP contribution in [-0.4, -0.2) is 65.9 Å². The summed E-state index contributed by atoms with van der Waals surface area (Å²) in [6.07, 6.45) is 3.80. The van der Waals surface area contributed by atoms with Gasteiger partial charge in [0.05, 0.1) is 23.9 Å². The highest BCUT2D eigenvalue weighted by Crippen LogP contribution is 2.20. The van der Waals surface area contributed by atoms with Gasteiger partial charge >= 0.3 is 0 Å². The number of nitrogens with zero attached hydrogens (tertiary/aromatic N) is 3. The van der Waals surface area contributed by atoms with Gasteiger partial charge < -0.3 is 10.1 Å². The maximum absolute atomic E-state index is 12.7. The number of ether oxygens (including phenoxy) is 1. The van der Waals surface area contributed by atoms with E-state index < -0.39 is 10.0 Å². The highest BCUT2D eigenvalue weighted by atomic mass is 32.2. The van der Waals surface area contributed by atoms with Gasteiger partial charge in [-0.3, -0.25) is 9.89 Å². The zero-order valence-corrected chi connectivity index (χ0v) is 20.2. The maximum atomic E-state index is 12.7. The number of aromatic amines is 1. The van der Waals surface area contributed by atoms with E-state index in [0.29, 0.717) is 43.0 Å². The number of H-pyrrole nitrogens is 1. The lowest BCUT2D eigenvalue weighted by atomic mass is 10.1. The van der Waals surface area contributed by atoms with Gasteiger partial charge in [-0.25, -0.2) is 13.4 Å². The van der Waals surface area contributed by atoms with Crippen LogP contribution in [0.4, 0.5) is 5.69 Å². The molecule has 0 bridgehead atoms. The van der Waals surface area contributed by atoms with Crippen molar-refractivity contribution >= 4 is 45.5 Å². The van der Waals surface area contributed by atoms with Crippen molar-refractivity contribution in [2.24, 2.45) is 0 Å². The summed E-state index contributed by atoms with van der Waals surface area (Å²) in [5.41, 5.74) is 2.77. The predicted molar refractivity (Wildman–Crippen MR) is 132 cm³/mol. The van der Waals surface area contributed by atoms with Crippen LogP contribution < -0.4 is 5.32 Å². The van der Waals surface area contributed by atoms with Crippen LogP contribution in [-0.2, 0) is 19.6 Å².